The molecule has 0 saturated heterocycles. The van der Waals surface area contributed by atoms with Crippen molar-refractivity contribution in [1.29, 1.82) is 5.26 Å². The molecule has 142 valence electrons. The van der Waals surface area contributed by atoms with Crippen LogP contribution in [0.2, 0.25) is 0 Å². The number of fused-ring (bicyclic) bond motifs is 1. The number of phenols is 1. The Kier molecular flexibility index (Phi) is 4.71. The van der Waals surface area contributed by atoms with Crippen molar-refractivity contribution in [1.82, 2.24) is 4.98 Å². The highest BCUT2D eigenvalue weighted by Crippen LogP contribution is 2.44. The maximum absolute atomic E-state index is 10.5. The molecule has 29 heavy (non-hydrogen) atoms. The number of phenolic OH excluding ortho intramolecular Hbond substituents is 1. The smallest absolute Gasteiger partial charge is 0.205 e. The summed E-state index contributed by atoms with van der Waals surface area (Å²) >= 11 is 0. The van der Waals surface area contributed by atoms with Crippen molar-refractivity contribution in [2.24, 2.45) is 10.7 Å². The van der Waals surface area contributed by atoms with Crippen LogP contribution in [0.5, 0.6) is 11.5 Å². The van der Waals surface area contributed by atoms with Gasteiger partial charge in [-0.15, -0.1) is 0 Å². The molecule has 2 aromatic carbocycles. The van der Waals surface area contributed by atoms with Gasteiger partial charge >= 0.3 is 0 Å². The predicted octanol–water partition coefficient (Wildman–Crippen LogP) is 4.06. The van der Waals surface area contributed by atoms with Gasteiger partial charge in [-0.05, 0) is 30.2 Å². The summed E-state index contributed by atoms with van der Waals surface area (Å²) in [6.45, 7) is 1.92. The van der Waals surface area contributed by atoms with Gasteiger partial charge in [0, 0.05) is 29.6 Å². The van der Waals surface area contributed by atoms with Gasteiger partial charge in [0.1, 0.15) is 23.1 Å². The maximum atomic E-state index is 10.5. The third-order valence-electron chi connectivity index (χ3n) is 4.81. The van der Waals surface area contributed by atoms with Crippen LogP contribution in [-0.4, -0.2) is 16.3 Å². The quantitative estimate of drug-likeness (QED) is 0.665. The molecular weight excluding hydrogens is 364 g/mol. The van der Waals surface area contributed by atoms with Crippen molar-refractivity contribution in [3.05, 3.63) is 94.5 Å². The molecule has 0 unspecified atom stereocenters. The summed E-state index contributed by atoms with van der Waals surface area (Å²) < 4.78 is 5.62. The number of rotatable bonds is 3. The molecule has 1 aliphatic rings. The zero-order chi connectivity index (χ0) is 20.4. The summed E-state index contributed by atoms with van der Waals surface area (Å²) in [6, 6.07) is 18.8. The summed E-state index contributed by atoms with van der Waals surface area (Å²) in [4.78, 5) is 8.64. The number of aryl methyl sites for hydroxylation is 1. The number of nitriles is 1. The molecule has 0 saturated carbocycles. The van der Waals surface area contributed by atoms with Gasteiger partial charge in [0.25, 0.3) is 0 Å². The fourth-order valence-electron chi connectivity index (χ4n) is 3.35. The predicted molar refractivity (Wildman–Crippen MR) is 110 cm³/mol. The van der Waals surface area contributed by atoms with Crippen molar-refractivity contribution in [2.75, 3.05) is 0 Å². The molecule has 0 radical (unpaired) electrons. The molecule has 3 aromatic rings. The summed E-state index contributed by atoms with van der Waals surface area (Å²) in [6.07, 6.45) is 3.22. The van der Waals surface area contributed by atoms with Crippen molar-refractivity contribution in [2.45, 2.75) is 12.8 Å². The molecule has 0 amide bonds. The minimum Gasteiger partial charge on any atom is -0.507 e. The Morgan fingerprint density at radius 3 is 2.72 bits per heavy atom. The number of pyridine rings is 1. The molecule has 0 fully saturated rings. The molecule has 0 aliphatic carbocycles. The average molecular weight is 382 g/mol. The van der Waals surface area contributed by atoms with Crippen LogP contribution < -0.4 is 10.5 Å². The second-order valence-electron chi connectivity index (χ2n) is 6.69. The van der Waals surface area contributed by atoms with Crippen LogP contribution in [-0.2, 0) is 0 Å². The normalized spacial score (nSPS) is 15.7. The Hall–Kier alpha value is -4.11. The summed E-state index contributed by atoms with van der Waals surface area (Å²) in [7, 11) is 0. The second-order valence-corrected chi connectivity index (χ2v) is 6.69. The Morgan fingerprint density at radius 1 is 1.21 bits per heavy atom. The van der Waals surface area contributed by atoms with Crippen molar-refractivity contribution >= 4 is 12.0 Å². The molecule has 2 heterocycles. The Morgan fingerprint density at radius 2 is 2.00 bits per heavy atom. The van der Waals surface area contributed by atoms with Gasteiger partial charge in [0.2, 0.25) is 5.88 Å². The molecule has 0 bridgehead atoms. The van der Waals surface area contributed by atoms with E-state index in [9.17, 15) is 10.4 Å². The molecule has 1 aliphatic heterocycles. The summed E-state index contributed by atoms with van der Waals surface area (Å²) in [5.74, 6) is 0.635. The molecule has 6 heteroatoms. The van der Waals surface area contributed by atoms with Gasteiger partial charge in [-0.3, -0.25) is 0 Å². The number of aliphatic imine (C=N–C) groups is 1. The Labute approximate surface area is 168 Å². The molecular formula is C23H18N4O2. The van der Waals surface area contributed by atoms with Crippen molar-refractivity contribution in [3.8, 4) is 17.6 Å². The number of hydrogen-bond donors (Lipinski definition) is 2. The lowest BCUT2D eigenvalue weighted by molar-refractivity contribution is 0.388. The van der Waals surface area contributed by atoms with Crippen LogP contribution in [0, 0.1) is 18.3 Å². The molecule has 1 atom stereocenters. The molecule has 3 N–H and O–H groups in total. The third-order valence-corrected chi connectivity index (χ3v) is 4.81. The van der Waals surface area contributed by atoms with E-state index in [-0.39, 0.29) is 11.6 Å². The molecule has 1 aromatic heterocycles. The van der Waals surface area contributed by atoms with Gasteiger partial charge in [-0.1, -0.05) is 36.4 Å². The highest BCUT2D eigenvalue weighted by molar-refractivity contribution is 5.86. The standard InChI is InChI=1S/C23H18N4O2/c1-14-6-5-9-26-23(14)27-13-16-10-17-20(11-19(16)28)29-22(25)18(12-24)21(17)15-7-3-2-4-8-15/h2-11,13,21,28H,25H2,1H3/t21-/m1/s1. The number of aromatic hydroxyl groups is 1. The number of allylic oxidation sites excluding steroid dienone is 1. The fourth-order valence-corrected chi connectivity index (χ4v) is 3.35. The monoisotopic (exact) mass is 382 g/mol. The van der Waals surface area contributed by atoms with E-state index >= 15 is 0 Å². The van der Waals surface area contributed by atoms with Crippen LogP contribution in [0.1, 0.15) is 28.2 Å². The second kappa shape index (κ2) is 7.49. The van der Waals surface area contributed by atoms with E-state index in [1.165, 1.54) is 6.07 Å². The zero-order valence-corrected chi connectivity index (χ0v) is 15.7. The van der Waals surface area contributed by atoms with Crippen LogP contribution in [0.4, 0.5) is 5.82 Å². The Bertz CT molecular complexity index is 1180. The van der Waals surface area contributed by atoms with E-state index in [1.54, 1.807) is 18.5 Å². The number of nitrogens with two attached hydrogens (primary N) is 1. The minimum absolute atomic E-state index is 0.00102. The van der Waals surface area contributed by atoms with E-state index in [4.69, 9.17) is 10.5 Å². The van der Waals surface area contributed by atoms with Crippen molar-refractivity contribution in [3.63, 3.8) is 0 Å². The first-order valence-electron chi connectivity index (χ1n) is 9.03. The first-order chi connectivity index (χ1) is 14.1. The SMILES string of the molecule is Cc1cccnc1N=Cc1cc2c(cc1O)OC(N)=C(C#N)[C@@H]2c1ccccc1. The fraction of sp³-hybridized carbons (Fsp3) is 0.0870. The van der Waals surface area contributed by atoms with Gasteiger partial charge in [0.05, 0.1) is 5.92 Å². The summed E-state index contributed by atoms with van der Waals surface area (Å²) in [5.41, 5.74) is 9.39. The van der Waals surface area contributed by atoms with Gasteiger partial charge in [-0.2, -0.15) is 5.26 Å². The zero-order valence-electron chi connectivity index (χ0n) is 15.7. The summed E-state index contributed by atoms with van der Waals surface area (Å²) in [5, 5.41) is 20.1. The highest BCUT2D eigenvalue weighted by atomic mass is 16.5. The topological polar surface area (TPSA) is 105 Å². The maximum Gasteiger partial charge on any atom is 0.205 e. The van der Waals surface area contributed by atoms with E-state index < -0.39 is 5.92 Å². The first kappa shape index (κ1) is 18.3. The lowest BCUT2D eigenvalue weighted by atomic mass is 9.83. The van der Waals surface area contributed by atoms with Gasteiger partial charge < -0.3 is 15.6 Å². The molecule has 4 rings (SSSR count). The number of nitrogens with zero attached hydrogens (tertiary/aromatic N) is 3. The van der Waals surface area contributed by atoms with E-state index in [2.05, 4.69) is 16.0 Å². The van der Waals surface area contributed by atoms with Gasteiger partial charge in [0.15, 0.2) is 5.82 Å². The van der Waals surface area contributed by atoms with Crippen LogP contribution >= 0.6 is 0 Å². The van der Waals surface area contributed by atoms with Crippen LogP contribution in [0.25, 0.3) is 0 Å². The van der Waals surface area contributed by atoms with E-state index in [0.717, 1.165) is 16.7 Å². The molecule has 6 nitrogen and oxygen atoms in total. The van der Waals surface area contributed by atoms with Crippen LogP contribution in [0.15, 0.2) is 77.2 Å². The number of hydrogen-bond acceptors (Lipinski definition) is 6. The largest absolute Gasteiger partial charge is 0.507 e. The molecule has 0 spiro atoms. The highest BCUT2D eigenvalue weighted by Gasteiger charge is 2.31. The van der Waals surface area contributed by atoms with Gasteiger partial charge in [-0.25, -0.2) is 9.98 Å². The minimum atomic E-state index is -0.394. The Balaban J connectivity index is 1.83. The lowest BCUT2D eigenvalue weighted by Crippen LogP contribution is -2.21. The number of ether oxygens (including phenoxy) is 1. The van der Waals surface area contributed by atoms with Crippen LogP contribution in [0.3, 0.4) is 0 Å². The van der Waals surface area contributed by atoms with Crippen molar-refractivity contribution < 1.29 is 9.84 Å². The van der Waals surface area contributed by atoms with E-state index in [1.807, 2.05) is 49.4 Å². The first-order valence-corrected chi connectivity index (χ1v) is 9.03. The van der Waals surface area contributed by atoms with E-state index in [0.29, 0.717) is 22.7 Å². The average Bonchev–Trinajstić information content (AvgIpc) is 2.73. The number of benzene rings is 2. The number of aromatic nitrogens is 1. The third kappa shape index (κ3) is 3.42. The lowest BCUT2D eigenvalue weighted by Gasteiger charge is -2.27.